The molecule has 0 saturated heterocycles. The number of benzene rings is 1. The molecule has 1 aromatic heterocycles. The molecule has 5 nitrogen and oxygen atoms in total. The van der Waals surface area contributed by atoms with Crippen molar-refractivity contribution in [3.8, 4) is 0 Å². The van der Waals surface area contributed by atoms with E-state index in [0.717, 1.165) is 35.0 Å². The van der Waals surface area contributed by atoms with E-state index >= 15 is 0 Å². The predicted octanol–water partition coefficient (Wildman–Crippen LogP) is 2.37. The Morgan fingerprint density at radius 1 is 1.26 bits per heavy atom. The highest BCUT2D eigenvalue weighted by Gasteiger charge is 2.29. The number of carboxylic acid groups (broad SMARTS) is 2. The highest BCUT2D eigenvalue weighted by Crippen LogP contribution is 2.36. The summed E-state index contributed by atoms with van der Waals surface area (Å²) in [5, 5.41) is 19.1. The molecule has 5 heteroatoms. The highest BCUT2D eigenvalue weighted by molar-refractivity contribution is 5.96. The number of nitrogens with one attached hydrogen (secondary N) is 1. The Hall–Kier alpha value is -2.30. The average Bonchev–Trinajstić information content (AvgIpc) is 2.75. The second-order valence-electron chi connectivity index (χ2n) is 4.87. The third-order valence-corrected chi connectivity index (χ3v) is 3.75. The van der Waals surface area contributed by atoms with Crippen LogP contribution >= 0.6 is 0 Å². The number of hydrogen-bond donors (Lipinski definition) is 3. The number of carboxylic acids is 2. The monoisotopic (exact) mass is 259 g/mol. The standard InChI is InChI=1S/C14H13NO4/c16-13(17)7-4-5-11-10(6-7)8-2-1-3-9(14(18)19)12(8)15-11/h4-6,9,15H,1-3H2,(H,16,17)(H,18,19). The Morgan fingerprint density at radius 3 is 2.74 bits per heavy atom. The van der Waals surface area contributed by atoms with Crippen LogP contribution in [0.15, 0.2) is 18.2 Å². The fourth-order valence-corrected chi connectivity index (χ4v) is 2.84. The summed E-state index contributed by atoms with van der Waals surface area (Å²) < 4.78 is 0. The predicted molar refractivity (Wildman–Crippen MR) is 68.6 cm³/mol. The van der Waals surface area contributed by atoms with Crippen LogP contribution in [0.1, 0.15) is 40.4 Å². The number of aromatic carboxylic acids is 1. The number of hydrogen-bond acceptors (Lipinski definition) is 2. The van der Waals surface area contributed by atoms with E-state index in [9.17, 15) is 14.7 Å². The van der Waals surface area contributed by atoms with Gasteiger partial charge in [0.15, 0.2) is 0 Å². The van der Waals surface area contributed by atoms with Crippen molar-refractivity contribution < 1.29 is 19.8 Å². The Morgan fingerprint density at radius 2 is 2.05 bits per heavy atom. The molecule has 0 amide bonds. The zero-order valence-corrected chi connectivity index (χ0v) is 10.1. The van der Waals surface area contributed by atoms with Crippen LogP contribution in [0.4, 0.5) is 0 Å². The maximum Gasteiger partial charge on any atom is 0.335 e. The van der Waals surface area contributed by atoms with Crippen molar-refractivity contribution in [2.75, 3.05) is 0 Å². The van der Waals surface area contributed by atoms with Crippen LogP contribution in [0.3, 0.4) is 0 Å². The smallest absolute Gasteiger partial charge is 0.335 e. The highest BCUT2D eigenvalue weighted by atomic mass is 16.4. The molecule has 1 heterocycles. The van der Waals surface area contributed by atoms with Gasteiger partial charge in [0.25, 0.3) is 0 Å². The number of aromatic amines is 1. The van der Waals surface area contributed by atoms with Gasteiger partial charge < -0.3 is 15.2 Å². The van der Waals surface area contributed by atoms with Gasteiger partial charge >= 0.3 is 11.9 Å². The molecule has 3 rings (SSSR count). The topological polar surface area (TPSA) is 90.4 Å². The zero-order valence-electron chi connectivity index (χ0n) is 10.1. The van der Waals surface area contributed by atoms with Gasteiger partial charge in [-0.15, -0.1) is 0 Å². The second-order valence-corrected chi connectivity index (χ2v) is 4.87. The number of aliphatic carboxylic acids is 1. The number of rotatable bonds is 2. The lowest BCUT2D eigenvalue weighted by Crippen LogP contribution is -2.17. The molecule has 19 heavy (non-hydrogen) atoms. The Labute approximate surface area is 108 Å². The summed E-state index contributed by atoms with van der Waals surface area (Å²) in [6, 6.07) is 4.86. The van der Waals surface area contributed by atoms with E-state index in [1.807, 2.05) is 0 Å². The third-order valence-electron chi connectivity index (χ3n) is 3.75. The summed E-state index contributed by atoms with van der Waals surface area (Å²) >= 11 is 0. The van der Waals surface area contributed by atoms with Crippen LogP contribution < -0.4 is 0 Å². The quantitative estimate of drug-likeness (QED) is 0.772. The number of aryl methyl sites for hydroxylation is 1. The summed E-state index contributed by atoms with van der Waals surface area (Å²) in [5.74, 6) is -2.31. The van der Waals surface area contributed by atoms with E-state index < -0.39 is 17.9 Å². The summed E-state index contributed by atoms with van der Waals surface area (Å²) in [4.78, 5) is 25.4. The number of carbonyl (C=O) groups is 2. The maximum absolute atomic E-state index is 11.3. The van der Waals surface area contributed by atoms with E-state index in [1.54, 1.807) is 12.1 Å². The lowest BCUT2D eigenvalue weighted by atomic mass is 9.87. The minimum atomic E-state index is -0.970. The summed E-state index contributed by atoms with van der Waals surface area (Å²) in [6.45, 7) is 0. The Balaban J connectivity index is 2.22. The first-order chi connectivity index (χ1) is 9.08. The minimum Gasteiger partial charge on any atom is -0.481 e. The Kier molecular flexibility index (Phi) is 2.55. The Bertz CT molecular complexity index is 686. The molecule has 1 aromatic carbocycles. The summed E-state index contributed by atoms with van der Waals surface area (Å²) in [6.07, 6.45) is 2.23. The molecule has 2 aromatic rings. The van der Waals surface area contributed by atoms with Gasteiger partial charge in [0, 0.05) is 16.6 Å². The molecule has 1 aliphatic rings. The molecule has 0 fully saturated rings. The SMILES string of the molecule is O=C(O)c1ccc2[nH]c3c(c2c1)CCCC3C(=O)O. The molecule has 0 aliphatic heterocycles. The van der Waals surface area contributed by atoms with Gasteiger partial charge in [0.05, 0.1) is 11.5 Å². The fraction of sp³-hybridized carbons (Fsp3) is 0.286. The lowest BCUT2D eigenvalue weighted by molar-refractivity contribution is -0.139. The van der Waals surface area contributed by atoms with Crippen LogP contribution in [-0.2, 0) is 11.2 Å². The molecule has 1 atom stereocenters. The fourth-order valence-electron chi connectivity index (χ4n) is 2.84. The van der Waals surface area contributed by atoms with Crippen molar-refractivity contribution in [2.24, 2.45) is 0 Å². The molecule has 1 aliphatic carbocycles. The average molecular weight is 259 g/mol. The third kappa shape index (κ3) is 1.78. The van der Waals surface area contributed by atoms with Crippen molar-refractivity contribution in [1.82, 2.24) is 4.98 Å². The molecule has 98 valence electrons. The number of fused-ring (bicyclic) bond motifs is 3. The van der Waals surface area contributed by atoms with Gasteiger partial charge in [0.1, 0.15) is 0 Å². The van der Waals surface area contributed by atoms with Crippen molar-refractivity contribution in [1.29, 1.82) is 0 Å². The van der Waals surface area contributed by atoms with Crippen LogP contribution in [0.2, 0.25) is 0 Å². The molecule has 1 unspecified atom stereocenters. The van der Waals surface area contributed by atoms with Crippen molar-refractivity contribution in [2.45, 2.75) is 25.2 Å². The van der Waals surface area contributed by atoms with Crippen molar-refractivity contribution >= 4 is 22.8 Å². The largest absolute Gasteiger partial charge is 0.481 e. The van der Waals surface area contributed by atoms with E-state index in [4.69, 9.17) is 5.11 Å². The number of aromatic nitrogens is 1. The van der Waals surface area contributed by atoms with Gasteiger partial charge in [-0.3, -0.25) is 4.79 Å². The van der Waals surface area contributed by atoms with Crippen LogP contribution in [0.5, 0.6) is 0 Å². The maximum atomic E-state index is 11.3. The minimum absolute atomic E-state index is 0.228. The normalized spacial score (nSPS) is 18.2. The van der Waals surface area contributed by atoms with Crippen LogP contribution in [0.25, 0.3) is 10.9 Å². The van der Waals surface area contributed by atoms with Gasteiger partial charge in [0.2, 0.25) is 0 Å². The molecular formula is C14H13NO4. The van der Waals surface area contributed by atoms with Gasteiger partial charge in [-0.2, -0.15) is 0 Å². The molecule has 0 radical (unpaired) electrons. The first-order valence-electron chi connectivity index (χ1n) is 6.18. The van der Waals surface area contributed by atoms with Gasteiger partial charge in [-0.05, 0) is 43.0 Å². The summed E-state index contributed by atoms with van der Waals surface area (Å²) in [5.41, 5.74) is 2.72. The van der Waals surface area contributed by atoms with Gasteiger partial charge in [-0.1, -0.05) is 0 Å². The second kappa shape index (κ2) is 4.12. The van der Waals surface area contributed by atoms with E-state index in [-0.39, 0.29) is 5.56 Å². The van der Waals surface area contributed by atoms with Gasteiger partial charge in [-0.25, -0.2) is 4.79 Å². The van der Waals surface area contributed by atoms with E-state index in [2.05, 4.69) is 4.98 Å². The molecule has 0 saturated carbocycles. The molecule has 0 bridgehead atoms. The molecule has 3 N–H and O–H groups in total. The first-order valence-corrected chi connectivity index (χ1v) is 6.18. The van der Waals surface area contributed by atoms with Crippen molar-refractivity contribution in [3.63, 3.8) is 0 Å². The lowest BCUT2D eigenvalue weighted by Gasteiger charge is -2.18. The van der Waals surface area contributed by atoms with E-state index in [1.165, 1.54) is 6.07 Å². The summed E-state index contributed by atoms with van der Waals surface area (Å²) in [7, 11) is 0. The van der Waals surface area contributed by atoms with Crippen molar-refractivity contribution in [3.05, 3.63) is 35.0 Å². The molecule has 0 spiro atoms. The number of H-pyrrole nitrogens is 1. The van der Waals surface area contributed by atoms with Crippen LogP contribution in [-0.4, -0.2) is 27.1 Å². The van der Waals surface area contributed by atoms with E-state index in [0.29, 0.717) is 6.42 Å². The zero-order chi connectivity index (χ0) is 13.6. The first kappa shape index (κ1) is 11.8. The molecular weight excluding hydrogens is 246 g/mol. The van der Waals surface area contributed by atoms with Crippen LogP contribution in [0, 0.1) is 0 Å².